The number of aromatic nitrogens is 2. The molecule has 0 aliphatic carbocycles. The van der Waals surface area contributed by atoms with Gasteiger partial charge in [-0.15, -0.1) is 11.8 Å². The Morgan fingerprint density at radius 2 is 1.88 bits per heavy atom. The van der Waals surface area contributed by atoms with Crippen molar-refractivity contribution >= 4 is 34.7 Å². The lowest BCUT2D eigenvalue weighted by Crippen LogP contribution is -2.13. The summed E-state index contributed by atoms with van der Waals surface area (Å²) in [6, 6.07) is 19.5. The highest BCUT2D eigenvalue weighted by Crippen LogP contribution is 2.25. The first kappa shape index (κ1) is 15.5. The number of carbonyl (C=O) groups is 1. The molecule has 0 saturated carbocycles. The molecule has 2 aromatic heterocycles. The minimum atomic E-state index is -0.312. The normalized spacial score (nSPS) is 10.9. The number of H-pyrrole nitrogens is 1. The largest absolute Gasteiger partial charge is 0.459 e. The van der Waals surface area contributed by atoms with Gasteiger partial charge in [0.1, 0.15) is 0 Å². The molecule has 25 heavy (non-hydrogen) atoms. The number of nitrogens with one attached hydrogen (secondary N) is 2. The zero-order valence-corrected chi connectivity index (χ0v) is 14.0. The first-order chi connectivity index (χ1) is 12.3. The number of para-hydroxylation sites is 2. The lowest BCUT2D eigenvalue weighted by atomic mass is 10.3. The van der Waals surface area contributed by atoms with Crippen LogP contribution < -0.4 is 5.32 Å². The van der Waals surface area contributed by atoms with Gasteiger partial charge in [-0.25, -0.2) is 4.98 Å². The number of fused-ring (bicyclic) bond motifs is 1. The third-order valence-electron chi connectivity index (χ3n) is 3.71. The van der Waals surface area contributed by atoms with E-state index in [1.165, 1.54) is 6.26 Å². The molecule has 0 aliphatic heterocycles. The second-order valence-electron chi connectivity index (χ2n) is 5.43. The average Bonchev–Trinajstić information content (AvgIpc) is 3.27. The summed E-state index contributed by atoms with van der Waals surface area (Å²) in [4.78, 5) is 21.1. The number of anilines is 1. The smallest absolute Gasteiger partial charge is 0.293 e. The van der Waals surface area contributed by atoms with Crippen LogP contribution in [0.4, 0.5) is 5.95 Å². The molecule has 0 radical (unpaired) electrons. The maximum atomic E-state index is 12.5. The van der Waals surface area contributed by atoms with Crippen molar-refractivity contribution in [2.45, 2.75) is 10.6 Å². The van der Waals surface area contributed by atoms with Gasteiger partial charge in [-0.05, 0) is 30.3 Å². The zero-order chi connectivity index (χ0) is 17.1. The van der Waals surface area contributed by atoms with E-state index >= 15 is 0 Å². The molecule has 2 heterocycles. The summed E-state index contributed by atoms with van der Waals surface area (Å²) in [6.07, 6.45) is 1.54. The molecule has 0 unspecified atom stereocenters. The Balaban J connectivity index is 1.48. The number of furan rings is 1. The molecular formula is C19H15N3O2S. The van der Waals surface area contributed by atoms with Crippen LogP contribution in [0.2, 0.25) is 0 Å². The van der Waals surface area contributed by atoms with Gasteiger partial charge in [-0.1, -0.05) is 30.3 Å². The topological polar surface area (TPSA) is 70.9 Å². The summed E-state index contributed by atoms with van der Waals surface area (Å²) in [7, 11) is 0. The quantitative estimate of drug-likeness (QED) is 0.512. The SMILES string of the molecule is O=C(Nc1nc2ccccc2[nH]1)c1occc1CSc1ccccc1. The van der Waals surface area contributed by atoms with Gasteiger partial charge in [-0.2, -0.15) is 0 Å². The number of amides is 1. The summed E-state index contributed by atoms with van der Waals surface area (Å²) >= 11 is 1.66. The van der Waals surface area contributed by atoms with Crippen LogP contribution in [0.25, 0.3) is 11.0 Å². The molecule has 6 heteroatoms. The van der Waals surface area contributed by atoms with Crippen LogP contribution in [0.1, 0.15) is 16.1 Å². The number of hydrogen-bond acceptors (Lipinski definition) is 4. The molecule has 2 N–H and O–H groups in total. The van der Waals surface area contributed by atoms with E-state index in [0.717, 1.165) is 21.5 Å². The Morgan fingerprint density at radius 1 is 1.08 bits per heavy atom. The first-order valence-corrected chi connectivity index (χ1v) is 8.78. The Kier molecular flexibility index (Phi) is 4.26. The maximum absolute atomic E-state index is 12.5. The number of benzene rings is 2. The maximum Gasteiger partial charge on any atom is 0.293 e. The van der Waals surface area contributed by atoms with Crippen molar-refractivity contribution < 1.29 is 9.21 Å². The zero-order valence-electron chi connectivity index (χ0n) is 13.2. The highest BCUT2D eigenvalue weighted by atomic mass is 32.2. The van der Waals surface area contributed by atoms with Gasteiger partial charge in [0, 0.05) is 16.2 Å². The number of rotatable bonds is 5. The van der Waals surface area contributed by atoms with Gasteiger partial charge in [0.2, 0.25) is 5.95 Å². The van der Waals surface area contributed by atoms with Crippen LogP contribution in [-0.4, -0.2) is 15.9 Å². The summed E-state index contributed by atoms with van der Waals surface area (Å²) < 4.78 is 5.39. The number of imidazole rings is 1. The summed E-state index contributed by atoms with van der Waals surface area (Å²) in [5, 5.41) is 2.76. The molecular weight excluding hydrogens is 334 g/mol. The highest BCUT2D eigenvalue weighted by Gasteiger charge is 2.17. The number of carbonyl (C=O) groups excluding carboxylic acids is 1. The number of aromatic amines is 1. The molecule has 124 valence electrons. The lowest BCUT2D eigenvalue weighted by Gasteiger charge is -2.03. The Bertz CT molecular complexity index is 975. The molecule has 0 saturated heterocycles. The summed E-state index contributed by atoms with van der Waals surface area (Å²) in [5.74, 6) is 1.06. The number of hydrogen-bond donors (Lipinski definition) is 2. The van der Waals surface area contributed by atoms with Crippen molar-refractivity contribution in [1.82, 2.24) is 9.97 Å². The molecule has 0 atom stereocenters. The fourth-order valence-electron chi connectivity index (χ4n) is 2.50. The van der Waals surface area contributed by atoms with Crippen molar-refractivity contribution in [2.75, 3.05) is 5.32 Å². The number of nitrogens with zero attached hydrogens (tertiary/aromatic N) is 1. The molecule has 4 aromatic rings. The fraction of sp³-hybridized carbons (Fsp3) is 0.0526. The molecule has 0 aliphatic rings. The second-order valence-corrected chi connectivity index (χ2v) is 6.48. The second kappa shape index (κ2) is 6.86. The predicted molar refractivity (Wildman–Crippen MR) is 98.8 cm³/mol. The fourth-order valence-corrected chi connectivity index (χ4v) is 3.40. The highest BCUT2D eigenvalue weighted by molar-refractivity contribution is 7.98. The van der Waals surface area contributed by atoms with E-state index in [1.807, 2.05) is 60.7 Å². The van der Waals surface area contributed by atoms with Gasteiger partial charge in [-0.3, -0.25) is 10.1 Å². The average molecular weight is 349 g/mol. The van der Waals surface area contributed by atoms with Gasteiger partial charge in [0.25, 0.3) is 5.91 Å². The van der Waals surface area contributed by atoms with Gasteiger partial charge in [0.15, 0.2) is 5.76 Å². The van der Waals surface area contributed by atoms with Gasteiger partial charge >= 0.3 is 0 Å². The monoisotopic (exact) mass is 349 g/mol. The van der Waals surface area contributed by atoms with E-state index in [0.29, 0.717) is 17.5 Å². The van der Waals surface area contributed by atoms with E-state index in [4.69, 9.17) is 4.42 Å². The lowest BCUT2D eigenvalue weighted by molar-refractivity contribution is 0.0995. The summed E-state index contributed by atoms with van der Waals surface area (Å²) in [5.41, 5.74) is 2.52. The van der Waals surface area contributed by atoms with Crippen LogP contribution in [0.3, 0.4) is 0 Å². The third-order valence-corrected chi connectivity index (χ3v) is 4.77. The van der Waals surface area contributed by atoms with Gasteiger partial charge < -0.3 is 9.40 Å². The van der Waals surface area contributed by atoms with E-state index < -0.39 is 0 Å². The minimum Gasteiger partial charge on any atom is -0.459 e. The number of thioether (sulfide) groups is 1. The van der Waals surface area contributed by atoms with Crippen LogP contribution >= 0.6 is 11.8 Å². The van der Waals surface area contributed by atoms with Crippen molar-refractivity contribution in [2.24, 2.45) is 0 Å². The van der Waals surface area contributed by atoms with E-state index in [-0.39, 0.29) is 5.91 Å². The van der Waals surface area contributed by atoms with E-state index in [9.17, 15) is 4.79 Å². The van der Waals surface area contributed by atoms with Crippen molar-refractivity contribution in [1.29, 1.82) is 0 Å². The first-order valence-electron chi connectivity index (χ1n) is 7.80. The molecule has 5 nitrogen and oxygen atoms in total. The van der Waals surface area contributed by atoms with Gasteiger partial charge in [0.05, 0.1) is 17.3 Å². The summed E-state index contributed by atoms with van der Waals surface area (Å²) in [6.45, 7) is 0. The van der Waals surface area contributed by atoms with Crippen LogP contribution in [-0.2, 0) is 5.75 Å². The third kappa shape index (κ3) is 3.44. The van der Waals surface area contributed by atoms with Crippen molar-refractivity contribution in [3.63, 3.8) is 0 Å². The molecule has 0 fully saturated rings. The van der Waals surface area contributed by atoms with Crippen LogP contribution in [0, 0.1) is 0 Å². The molecule has 4 rings (SSSR count). The Labute approximate surface area is 148 Å². The Morgan fingerprint density at radius 3 is 2.72 bits per heavy atom. The Hall–Kier alpha value is -2.99. The van der Waals surface area contributed by atoms with E-state index in [2.05, 4.69) is 15.3 Å². The molecule has 0 bridgehead atoms. The minimum absolute atomic E-state index is 0.309. The molecule has 2 aromatic carbocycles. The standard InChI is InChI=1S/C19H15N3O2S/c23-18(22-19-20-15-8-4-5-9-16(15)21-19)17-13(10-11-24-17)12-25-14-6-2-1-3-7-14/h1-11H,12H2,(H2,20,21,22,23). The van der Waals surface area contributed by atoms with E-state index in [1.54, 1.807) is 11.8 Å². The van der Waals surface area contributed by atoms with Crippen LogP contribution in [0.5, 0.6) is 0 Å². The molecule has 0 spiro atoms. The van der Waals surface area contributed by atoms with Crippen molar-refractivity contribution in [3.05, 3.63) is 78.3 Å². The predicted octanol–water partition coefficient (Wildman–Crippen LogP) is 4.70. The van der Waals surface area contributed by atoms with Crippen molar-refractivity contribution in [3.8, 4) is 0 Å². The van der Waals surface area contributed by atoms with Crippen LogP contribution in [0.15, 0.2) is 76.2 Å². The molecule has 1 amide bonds.